The first-order valence-corrected chi connectivity index (χ1v) is 4.49. The van der Waals surface area contributed by atoms with E-state index in [2.05, 4.69) is 27.4 Å². The number of rotatable bonds is 2. The van der Waals surface area contributed by atoms with Gasteiger partial charge in [-0.05, 0) is 28.5 Å². The molecule has 2 rings (SSSR count). The average Bonchev–Trinajstić information content (AvgIpc) is 2.65. The third-order valence-corrected chi connectivity index (χ3v) is 2.08. The Bertz CT molecular complexity index is 417. The van der Waals surface area contributed by atoms with Crippen LogP contribution < -0.4 is 0 Å². The van der Waals surface area contributed by atoms with Crippen LogP contribution in [0.4, 0.5) is 0 Å². The van der Waals surface area contributed by atoms with Gasteiger partial charge in [-0.15, -0.1) is 5.10 Å². The molecule has 2 aromatic heterocycles. The van der Waals surface area contributed by atoms with Crippen molar-refractivity contribution in [1.82, 2.24) is 25.2 Å². The Balaban J connectivity index is 2.39. The Hall–Kier alpha value is -1.78. The number of aryl methyl sites for hydroxylation is 2. The predicted molar refractivity (Wildman–Crippen MR) is 51.4 cm³/mol. The quantitative estimate of drug-likeness (QED) is 0.702. The molecule has 72 valence electrons. The van der Waals surface area contributed by atoms with Gasteiger partial charge in [0.1, 0.15) is 5.69 Å². The van der Waals surface area contributed by atoms with E-state index in [0.29, 0.717) is 5.82 Å². The first kappa shape index (κ1) is 8.80. The molecule has 0 aliphatic carbocycles. The minimum Gasteiger partial charge on any atom is -0.253 e. The maximum Gasteiger partial charge on any atom is 0.200 e. The third kappa shape index (κ3) is 1.48. The molecule has 5 heteroatoms. The first-order valence-electron chi connectivity index (χ1n) is 4.49. The molecule has 0 aliphatic rings. The molecule has 0 bridgehead atoms. The number of tetrazole rings is 1. The highest BCUT2D eigenvalue weighted by Gasteiger charge is 2.05. The molecule has 0 spiro atoms. The van der Waals surface area contributed by atoms with Crippen LogP contribution in [0, 0.1) is 0 Å². The van der Waals surface area contributed by atoms with Gasteiger partial charge in [0.25, 0.3) is 0 Å². The summed E-state index contributed by atoms with van der Waals surface area (Å²) in [5, 5.41) is 11.2. The summed E-state index contributed by atoms with van der Waals surface area (Å²) in [5.41, 5.74) is 2.01. The van der Waals surface area contributed by atoms with Crippen molar-refractivity contribution in [3.05, 3.63) is 23.9 Å². The van der Waals surface area contributed by atoms with Crippen molar-refractivity contribution >= 4 is 0 Å². The Kier molecular flexibility index (Phi) is 2.22. The minimum absolute atomic E-state index is 0.688. The van der Waals surface area contributed by atoms with Gasteiger partial charge in [0, 0.05) is 13.2 Å². The normalized spacial score (nSPS) is 10.4. The van der Waals surface area contributed by atoms with Crippen molar-refractivity contribution in [2.45, 2.75) is 13.3 Å². The highest BCUT2D eigenvalue weighted by atomic mass is 15.5. The summed E-state index contributed by atoms with van der Waals surface area (Å²) in [7, 11) is 1.80. The van der Waals surface area contributed by atoms with Gasteiger partial charge < -0.3 is 0 Å². The molecule has 14 heavy (non-hydrogen) atoms. The van der Waals surface area contributed by atoms with E-state index >= 15 is 0 Å². The van der Waals surface area contributed by atoms with Gasteiger partial charge in [0.05, 0.1) is 0 Å². The molecule has 0 saturated carbocycles. The number of hydrogen-bond acceptors (Lipinski definition) is 4. The van der Waals surface area contributed by atoms with Crippen LogP contribution in [-0.4, -0.2) is 25.2 Å². The molecule has 0 aliphatic heterocycles. The molecule has 0 fully saturated rings. The number of pyridine rings is 1. The van der Waals surface area contributed by atoms with Crippen LogP contribution in [-0.2, 0) is 13.5 Å². The fraction of sp³-hybridized carbons (Fsp3) is 0.333. The Labute approximate surface area is 81.8 Å². The van der Waals surface area contributed by atoms with Crippen LogP contribution in [0.15, 0.2) is 18.3 Å². The first-order chi connectivity index (χ1) is 6.81. The number of aromatic nitrogens is 5. The van der Waals surface area contributed by atoms with Crippen LogP contribution in [0.3, 0.4) is 0 Å². The van der Waals surface area contributed by atoms with Crippen molar-refractivity contribution in [3.63, 3.8) is 0 Å². The second-order valence-electron chi connectivity index (χ2n) is 3.03. The van der Waals surface area contributed by atoms with Crippen LogP contribution in [0.5, 0.6) is 0 Å². The summed E-state index contributed by atoms with van der Waals surface area (Å²) in [6.45, 7) is 2.10. The zero-order valence-electron chi connectivity index (χ0n) is 8.18. The predicted octanol–water partition coefficient (Wildman–Crippen LogP) is 0.834. The Morgan fingerprint density at radius 1 is 1.36 bits per heavy atom. The molecule has 0 saturated heterocycles. The topological polar surface area (TPSA) is 56.5 Å². The van der Waals surface area contributed by atoms with Crippen molar-refractivity contribution in [2.24, 2.45) is 7.05 Å². The number of hydrogen-bond donors (Lipinski definition) is 0. The van der Waals surface area contributed by atoms with Crippen LogP contribution in [0.25, 0.3) is 11.5 Å². The van der Waals surface area contributed by atoms with Gasteiger partial charge in [-0.2, -0.15) is 0 Å². The van der Waals surface area contributed by atoms with Gasteiger partial charge in [-0.3, -0.25) is 4.98 Å². The lowest BCUT2D eigenvalue weighted by Gasteiger charge is -1.99. The molecule has 2 aromatic rings. The highest BCUT2D eigenvalue weighted by molar-refractivity contribution is 5.48. The van der Waals surface area contributed by atoms with E-state index in [9.17, 15) is 0 Å². The van der Waals surface area contributed by atoms with E-state index < -0.39 is 0 Å². The molecule has 0 unspecified atom stereocenters. The molecule has 2 heterocycles. The maximum atomic E-state index is 4.29. The minimum atomic E-state index is 0.688. The zero-order chi connectivity index (χ0) is 9.97. The van der Waals surface area contributed by atoms with E-state index in [1.807, 2.05) is 18.3 Å². The monoisotopic (exact) mass is 189 g/mol. The molecule has 0 atom stereocenters. The van der Waals surface area contributed by atoms with Gasteiger partial charge in [0.15, 0.2) is 5.82 Å². The third-order valence-electron chi connectivity index (χ3n) is 2.08. The summed E-state index contributed by atoms with van der Waals surface area (Å²) in [6.07, 6.45) is 2.84. The lowest BCUT2D eigenvalue weighted by Crippen LogP contribution is -1.96. The number of nitrogens with zero attached hydrogens (tertiary/aromatic N) is 5. The lowest BCUT2D eigenvalue weighted by molar-refractivity contribution is 0.713. The van der Waals surface area contributed by atoms with Gasteiger partial charge in [-0.25, -0.2) is 4.68 Å². The molecule has 0 aromatic carbocycles. The molecule has 0 amide bonds. The molecule has 5 nitrogen and oxygen atoms in total. The zero-order valence-corrected chi connectivity index (χ0v) is 8.18. The van der Waals surface area contributed by atoms with Crippen molar-refractivity contribution < 1.29 is 0 Å². The molecular weight excluding hydrogens is 178 g/mol. The molecule has 0 N–H and O–H groups in total. The van der Waals surface area contributed by atoms with E-state index in [1.165, 1.54) is 5.56 Å². The Morgan fingerprint density at radius 2 is 2.21 bits per heavy atom. The molecular formula is C9H11N5. The van der Waals surface area contributed by atoms with Crippen LogP contribution >= 0.6 is 0 Å². The van der Waals surface area contributed by atoms with Gasteiger partial charge >= 0.3 is 0 Å². The average molecular weight is 189 g/mol. The standard InChI is InChI=1S/C9H11N5/c1-3-7-4-5-8(10-6-7)9-11-12-13-14(9)2/h4-6H,3H2,1-2H3. The summed E-state index contributed by atoms with van der Waals surface area (Å²) < 4.78 is 1.61. The van der Waals surface area contributed by atoms with E-state index in [1.54, 1.807) is 11.7 Å². The van der Waals surface area contributed by atoms with Crippen LogP contribution in [0.2, 0.25) is 0 Å². The summed E-state index contributed by atoms with van der Waals surface area (Å²) in [4.78, 5) is 4.29. The van der Waals surface area contributed by atoms with Gasteiger partial charge in [0.2, 0.25) is 0 Å². The second-order valence-corrected chi connectivity index (χ2v) is 3.03. The van der Waals surface area contributed by atoms with E-state index in [4.69, 9.17) is 0 Å². The second kappa shape index (κ2) is 3.53. The summed E-state index contributed by atoms with van der Waals surface area (Å²) in [5.74, 6) is 0.688. The van der Waals surface area contributed by atoms with Crippen LogP contribution in [0.1, 0.15) is 12.5 Å². The summed E-state index contributed by atoms with van der Waals surface area (Å²) >= 11 is 0. The SMILES string of the molecule is CCc1ccc(-c2nnnn2C)nc1. The fourth-order valence-electron chi connectivity index (χ4n) is 1.21. The smallest absolute Gasteiger partial charge is 0.200 e. The fourth-order valence-corrected chi connectivity index (χ4v) is 1.21. The van der Waals surface area contributed by atoms with E-state index in [0.717, 1.165) is 12.1 Å². The van der Waals surface area contributed by atoms with E-state index in [-0.39, 0.29) is 0 Å². The maximum absolute atomic E-state index is 4.29. The lowest BCUT2D eigenvalue weighted by atomic mass is 10.2. The highest BCUT2D eigenvalue weighted by Crippen LogP contribution is 2.11. The van der Waals surface area contributed by atoms with Crippen molar-refractivity contribution in [2.75, 3.05) is 0 Å². The van der Waals surface area contributed by atoms with Gasteiger partial charge in [-0.1, -0.05) is 13.0 Å². The summed E-state index contributed by atoms with van der Waals surface area (Å²) in [6, 6.07) is 3.97. The van der Waals surface area contributed by atoms with Crippen molar-refractivity contribution in [3.8, 4) is 11.5 Å². The Morgan fingerprint density at radius 3 is 2.71 bits per heavy atom. The largest absolute Gasteiger partial charge is 0.253 e. The van der Waals surface area contributed by atoms with Crippen molar-refractivity contribution in [1.29, 1.82) is 0 Å². The molecule has 0 radical (unpaired) electrons.